The first kappa shape index (κ1) is 12.5. The average Bonchev–Trinajstić information content (AvgIpc) is 2.35. The number of pyridine rings is 1. The van der Waals surface area contributed by atoms with Crippen molar-refractivity contribution in [2.45, 2.75) is 18.9 Å². The lowest BCUT2D eigenvalue weighted by atomic mass is 10.1. The number of nitroso groups, excluding NO2 is 1. The minimum absolute atomic E-state index is 0.331. The van der Waals surface area contributed by atoms with E-state index in [4.69, 9.17) is 5.11 Å². The highest BCUT2D eigenvalue weighted by atomic mass is 16.3. The lowest BCUT2D eigenvalue weighted by Crippen LogP contribution is -2.19. The second-order valence-electron chi connectivity index (χ2n) is 3.40. The molecule has 6 heteroatoms. The molecule has 2 N–H and O–H groups in total. The third-order valence-electron chi connectivity index (χ3n) is 2.24. The number of aromatic nitrogens is 1. The number of aliphatic hydroxyl groups excluding tert-OH is 2. The van der Waals surface area contributed by atoms with E-state index < -0.39 is 12.8 Å². The van der Waals surface area contributed by atoms with E-state index >= 15 is 0 Å². The molecule has 0 fully saturated rings. The van der Waals surface area contributed by atoms with E-state index in [0.717, 1.165) is 10.6 Å². The van der Waals surface area contributed by atoms with E-state index in [0.29, 0.717) is 19.4 Å². The number of aliphatic hydroxyl groups is 2. The molecule has 1 rings (SSSR count). The van der Waals surface area contributed by atoms with Crippen LogP contribution in [-0.2, 0) is 0 Å². The molecule has 1 aromatic rings. The highest BCUT2D eigenvalue weighted by Gasteiger charge is 2.08. The largest absolute Gasteiger partial charge is 0.388 e. The van der Waals surface area contributed by atoms with Crippen LogP contribution in [0.25, 0.3) is 0 Å². The van der Waals surface area contributed by atoms with Crippen LogP contribution in [0.1, 0.15) is 24.5 Å². The fourth-order valence-electron chi connectivity index (χ4n) is 1.34. The van der Waals surface area contributed by atoms with Gasteiger partial charge in [0.1, 0.15) is 6.73 Å². The molecule has 1 heterocycles. The van der Waals surface area contributed by atoms with Crippen LogP contribution in [0.4, 0.5) is 0 Å². The fraction of sp³-hybridized carbons (Fsp3) is 0.500. The summed E-state index contributed by atoms with van der Waals surface area (Å²) in [5, 5.41) is 22.0. The molecule has 0 spiro atoms. The van der Waals surface area contributed by atoms with Crippen molar-refractivity contribution < 1.29 is 10.2 Å². The van der Waals surface area contributed by atoms with Gasteiger partial charge in [0.05, 0.1) is 11.4 Å². The first-order valence-electron chi connectivity index (χ1n) is 5.05. The Morgan fingerprint density at radius 3 is 2.94 bits per heavy atom. The lowest BCUT2D eigenvalue weighted by Gasteiger charge is -2.13. The Balaban J connectivity index is 2.30. The van der Waals surface area contributed by atoms with Crippen molar-refractivity contribution in [3.63, 3.8) is 0 Å². The molecule has 0 aliphatic heterocycles. The van der Waals surface area contributed by atoms with Crippen LogP contribution in [0, 0.1) is 4.91 Å². The Morgan fingerprint density at radius 1 is 1.56 bits per heavy atom. The summed E-state index contributed by atoms with van der Waals surface area (Å²) >= 11 is 0. The normalized spacial score (nSPS) is 12.1. The van der Waals surface area contributed by atoms with Gasteiger partial charge >= 0.3 is 0 Å². The first-order chi connectivity index (χ1) is 7.77. The van der Waals surface area contributed by atoms with Crippen LogP contribution in [0.2, 0.25) is 0 Å². The molecule has 1 unspecified atom stereocenters. The predicted molar refractivity (Wildman–Crippen MR) is 58.0 cm³/mol. The Labute approximate surface area is 93.5 Å². The van der Waals surface area contributed by atoms with Crippen LogP contribution in [-0.4, -0.2) is 33.5 Å². The van der Waals surface area contributed by atoms with Gasteiger partial charge in [0.25, 0.3) is 0 Å². The first-order valence-corrected chi connectivity index (χ1v) is 5.05. The number of hydrogen-bond donors (Lipinski definition) is 2. The maximum absolute atomic E-state index is 10.1. The van der Waals surface area contributed by atoms with Gasteiger partial charge in [-0.3, -0.25) is 4.98 Å². The minimum atomic E-state index is -0.596. The Kier molecular flexibility index (Phi) is 5.38. The molecule has 0 aliphatic rings. The molecule has 0 bridgehead atoms. The van der Waals surface area contributed by atoms with E-state index in [2.05, 4.69) is 10.3 Å². The fourth-order valence-corrected chi connectivity index (χ4v) is 1.34. The van der Waals surface area contributed by atoms with Gasteiger partial charge in [0.2, 0.25) is 0 Å². The molecule has 0 saturated carbocycles. The number of nitrogens with zero attached hydrogens (tertiary/aromatic N) is 3. The van der Waals surface area contributed by atoms with Crippen molar-refractivity contribution in [1.82, 2.24) is 9.99 Å². The van der Waals surface area contributed by atoms with Crippen molar-refractivity contribution >= 4 is 0 Å². The molecule has 0 aromatic carbocycles. The zero-order valence-corrected chi connectivity index (χ0v) is 8.86. The molecular formula is C10H15N3O3. The maximum atomic E-state index is 10.1. The minimum Gasteiger partial charge on any atom is -0.388 e. The van der Waals surface area contributed by atoms with Crippen LogP contribution in [0.3, 0.4) is 0 Å². The van der Waals surface area contributed by atoms with Gasteiger partial charge in [0, 0.05) is 18.9 Å². The van der Waals surface area contributed by atoms with Crippen LogP contribution in [0.15, 0.2) is 29.8 Å². The third-order valence-corrected chi connectivity index (χ3v) is 2.24. The van der Waals surface area contributed by atoms with Crippen molar-refractivity contribution in [3.05, 3.63) is 35.0 Å². The molecule has 1 atom stereocenters. The summed E-state index contributed by atoms with van der Waals surface area (Å²) in [5.41, 5.74) is 0.747. The lowest BCUT2D eigenvalue weighted by molar-refractivity contribution is 0.0976. The van der Waals surface area contributed by atoms with E-state index in [1.165, 1.54) is 0 Å². The summed E-state index contributed by atoms with van der Waals surface area (Å²) in [6.45, 7) is -0.0657. The molecule has 0 aliphatic carbocycles. The van der Waals surface area contributed by atoms with Crippen LogP contribution >= 0.6 is 0 Å². The summed E-state index contributed by atoms with van der Waals surface area (Å²) < 4.78 is 0. The standard InChI is InChI=1S/C10H15N3O3/c14-8-13(12-16)6-2-4-10(15)9-3-1-5-11-7-9/h1,3,5,7,10,14-15H,2,4,6,8H2. The Hall–Kier alpha value is -1.53. The SMILES string of the molecule is O=NN(CO)CCCC(O)c1cccnc1. The number of rotatable bonds is 7. The van der Waals surface area contributed by atoms with Gasteiger partial charge in [-0.2, -0.15) is 0 Å². The van der Waals surface area contributed by atoms with E-state index in [1.54, 1.807) is 24.5 Å². The van der Waals surface area contributed by atoms with Gasteiger partial charge in [-0.1, -0.05) is 6.07 Å². The van der Waals surface area contributed by atoms with Crippen molar-refractivity contribution in [3.8, 4) is 0 Å². The van der Waals surface area contributed by atoms with Crippen molar-refractivity contribution in [1.29, 1.82) is 0 Å². The number of hydrogen-bond acceptors (Lipinski definition) is 5. The quantitative estimate of drug-likeness (QED) is 0.408. The molecule has 6 nitrogen and oxygen atoms in total. The van der Waals surface area contributed by atoms with Gasteiger partial charge in [-0.15, -0.1) is 4.91 Å². The third kappa shape index (κ3) is 3.92. The topological polar surface area (TPSA) is 86.0 Å². The average molecular weight is 225 g/mol. The molecule has 16 heavy (non-hydrogen) atoms. The van der Waals surface area contributed by atoms with E-state index in [9.17, 15) is 10.0 Å². The highest BCUT2D eigenvalue weighted by molar-refractivity contribution is 5.11. The van der Waals surface area contributed by atoms with Crippen molar-refractivity contribution in [2.24, 2.45) is 5.29 Å². The highest BCUT2D eigenvalue weighted by Crippen LogP contribution is 2.16. The summed E-state index contributed by atoms with van der Waals surface area (Å²) in [5.74, 6) is 0. The maximum Gasteiger partial charge on any atom is 0.134 e. The molecule has 0 radical (unpaired) electrons. The van der Waals surface area contributed by atoms with Crippen molar-refractivity contribution in [2.75, 3.05) is 13.3 Å². The smallest absolute Gasteiger partial charge is 0.134 e. The molecule has 0 amide bonds. The van der Waals surface area contributed by atoms with Gasteiger partial charge < -0.3 is 10.2 Å². The Morgan fingerprint density at radius 2 is 2.38 bits per heavy atom. The van der Waals surface area contributed by atoms with E-state index in [1.807, 2.05) is 0 Å². The van der Waals surface area contributed by atoms with Crippen LogP contribution in [0.5, 0.6) is 0 Å². The summed E-state index contributed by atoms with van der Waals surface area (Å²) in [6, 6.07) is 3.55. The zero-order chi connectivity index (χ0) is 11.8. The monoisotopic (exact) mass is 225 g/mol. The summed E-state index contributed by atoms with van der Waals surface area (Å²) in [6.07, 6.45) is 3.72. The summed E-state index contributed by atoms with van der Waals surface area (Å²) in [7, 11) is 0. The predicted octanol–water partition coefficient (Wildman–Crippen LogP) is 0.828. The van der Waals surface area contributed by atoms with Gasteiger partial charge in [-0.25, -0.2) is 5.01 Å². The molecule has 1 aromatic heterocycles. The molecule has 88 valence electrons. The molecule has 0 saturated heterocycles. The Bertz CT molecular complexity index is 307. The van der Waals surface area contributed by atoms with E-state index in [-0.39, 0.29) is 0 Å². The zero-order valence-electron chi connectivity index (χ0n) is 8.86. The van der Waals surface area contributed by atoms with Gasteiger partial charge in [-0.05, 0) is 24.5 Å². The second kappa shape index (κ2) is 6.86. The van der Waals surface area contributed by atoms with Crippen LogP contribution < -0.4 is 0 Å². The van der Waals surface area contributed by atoms with Gasteiger partial charge in [0.15, 0.2) is 0 Å². The second-order valence-corrected chi connectivity index (χ2v) is 3.40. The summed E-state index contributed by atoms with van der Waals surface area (Å²) in [4.78, 5) is 14.0. The molecular weight excluding hydrogens is 210 g/mol.